The predicted octanol–water partition coefficient (Wildman–Crippen LogP) is 4.99. The van der Waals surface area contributed by atoms with Crippen LogP contribution in [0.25, 0.3) is 11.0 Å². The fourth-order valence-corrected chi connectivity index (χ4v) is 4.20. The number of fused-ring (bicyclic) bond motifs is 1. The van der Waals surface area contributed by atoms with Gasteiger partial charge in [0, 0.05) is 23.2 Å². The summed E-state index contributed by atoms with van der Waals surface area (Å²) in [6, 6.07) is 10.0. The van der Waals surface area contributed by atoms with Gasteiger partial charge < -0.3 is 15.2 Å². The first-order valence-electron chi connectivity index (χ1n) is 9.90. The van der Waals surface area contributed by atoms with Gasteiger partial charge in [-0.25, -0.2) is 4.98 Å². The molecule has 156 valence electrons. The first kappa shape index (κ1) is 20.7. The lowest BCUT2D eigenvalue weighted by Crippen LogP contribution is -2.34. The summed E-state index contributed by atoms with van der Waals surface area (Å²) in [4.78, 5) is 35.0. The molecule has 1 unspecified atom stereocenters. The van der Waals surface area contributed by atoms with Crippen LogP contribution in [0, 0.1) is 0 Å². The Bertz CT molecular complexity index is 1130. The highest BCUT2D eigenvalue weighted by Crippen LogP contribution is 2.25. The summed E-state index contributed by atoms with van der Waals surface area (Å²) in [6.45, 7) is 4.61. The van der Waals surface area contributed by atoms with Gasteiger partial charge in [0.2, 0.25) is 0 Å². The number of rotatable bonds is 4. The Kier molecular flexibility index (Phi) is 5.71. The number of benzene rings is 2. The molecular formula is C22H22Cl2N4O2. The second-order valence-corrected chi connectivity index (χ2v) is 8.51. The number of amides is 2. The summed E-state index contributed by atoms with van der Waals surface area (Å²) >= 11 is 12.4. The number of H-pyrrole nitrogens is 1. The number of aromatic amines is 1. The van der Waals surface area contributed by atoms with Crippen molar-refractivity contribution in [2.24, 2.45) is 0 Å². The lowest BCUT2D eigenvalue weighted by atomic mass is 10.1. The Morgan fingerprint density at radius 2 is 2.03 bits per heavy atom. The Balaban J connectivity index is 1.48. The van der Waals surface area contributed by atoms with E-state index in [1.165, 1.54) is 6.07 Å². The maximum Gasteiger partial charge on any atom is 0.255 e. The molecule has 0 spiro atoms. The van der Waals surface area contributed by atoms with Crippen molar-refractivity contribution in [3.8, 4) is 0 Å². The largest absolute Gasteiger partial charge is 0.342 e. The van der Waals surface area contributed by atoms with E-state index in [1.807, 2.05) is 24.8 Å². The molecule has 2 N–H and O–H groups in total. The number of carbonyl (C=O) groups is 2. The third-order valence-corrected chi connectivity index (χ3v) is 6.04. The van der Waals surface area contributed by atoms with E-state index < -0.39 is 0 Å². The number of aromatic nitrogens is 2. The van der Waals surface area contributed by atoms with Gasteiger partial charge in [-0.15, -0.1) is 0 Å². The van der Waals surface area contributed by atoms with Crippen molar-refractivity contribution in [1.82, 2.24) is 20.2 Å². The smallest absolute Gasteiger partial charge is 0.255 e. The monoisotopic (exact) mass is 444 g/mol. The van der Waals surface area contributed by atoms with Crippen LogP contribution >= 0.6 is 23.2 Å². The standard InChI is InChI=1S/C22H22Cl2N4O2/c1-12-4-3-9-28(12)22(30)16-7-5-14(10-17(16)24)21(29)25-13(2)20-26-18-8-6-15(23)11-19(18)27-20/h5-8,10-13H,3-4,9H2,1-2H3,(H,25,29)(H,26,27)/t12?,13-/m0/s1. The van der Waals surface area contributed by atoms with Gasteiger partial charge in [-0.05, 0) is 63.1 Å². The number of nitrogens with zero attached hydrogens (tertiary/aromatic N) is 2. The molecule has 0 radical (unpaired) electrons. The van der Waals surface area contributed by atoms with Crippen LogP contribution in [0.4, 0.5) is 0 Å². The summed E-state index contributed by atoms with van der Waals surface area (Å²) in [6.07, 6.45) is 1.99. The number of nitrogens with one attached hydrogen (secondary N) is 2. The van der Waals surface area contributed by atoms with Crippen LogP contribution in [0.3, 0.4) is 0 Å². The van der Waals surface area contributed by atoms with Gasteiger partial charge in [-0.3, -0.25) is 9.59 Å². The second-order valence-electron chi connectivity index (χ2n) is 7.66. The van der Waals surface area contributed by atoms with E-state index in [4.69, 9.17) is 23.2 Å². The van der Waals surface area contributed by atoms with Crippen LogP contribution in [-0.2, 0) is 0 Å². The number of imidazole rings is 1. The molecule has 0 saturated carbocycles. The SMILES string of the molecule is CC1CCCN1C(=O)c1ccc(C(=O)N[C@@H](C)c2nc3cc(Cl)ccc3[nH]2)cc1Cl. The zero-order valence-electron chi connectivity index (χ0n) is 16.7. The van der Waals surface area contributed by atoms with E-state index in [9.17, 15) is 9.59 Å². The van der Waals surface area contributed by atoms with Crippen molar-refractivity contribution in [1.29, 1.82) is 0 Å². The number of likely N-dealkylation sites (tertiary alicyclic amines) is 1. The lowest BCUT2D eigenvalue weighted by Gasteiger charge is -2.22. The number of hydrogen-bond donors (Lipinski definition) is 2. The van der Waals surface area contributed by atoms with Gasteiger partial charge >= 0.3 is 0 Å². The number of carbonyl (C=O) groups excluding carboxylic acids is 2. The highest BCUT2D eigenvalue weighted by Gasteiger charge is 2.27. The average Bonchev–Trinajstić information content (AvgIpc) is 3.33. The second kappa shape index (κ2) is 8.28. The molecule has 2 heterocycles. The maximum absolute atomic E-state index is 12.8. The van der Waals surface area contributed by atoms with E-state index in [0.717, 1.165) is 30.4 Å². The van der Waals surface area contributed by atoms with Crippen LogP contribution in [-0.4, -0.2) is 39.3 Å². The lowest BCUT2D eigenvalue weighted by molar-refractivity contribution is 0.0747. The van der Waals surface area contributed by atoms with Gasteiger partial charge in [0.05, 0.1) is 27.7 Å². The summed E-state index contributed by atoms with van der Waals surface area (Å²) in [7, 11) is 0. The highest BCUT2D eigenvalue weighted by atomic mass is 35.5. The topological polar surface area (TPSA) is 78.1 Å². The summed E-state index contributed by atoms with van der Waals surface area (Å²) in [5.41, 5.74) is 2.39. The molecule has 2 aromatic carbocycles. The van der Waals surface area contributed by atoms with E-state index >= 15 is 0 Å². The molecule has 6 nitrogen and oxygen atoms in total. The predicted molar refractivity (Wildman–Crippen MR) is 118 cm³/mol. The fraction of sp³-hybridized carbons (Fsp3) is 0.318. The summed E-state index contributed by atoms with van der Waals surface area (Å²) < 4.78 is 0. The molecule has 0 aliphatic carbocycles. The van der Waals surface area contributed by atoms with E-state index in [1.54, 1.807) is 24.3 Å². The molecule has 1 saturated heterocycles. The molecule has 1 fully saturated rings. The van der Waals surface area contributed by atoms with Crippen molar-refractivity contribution in [2.75, 3.05) is 6.54 Å². The molecule has 2 amide bonds. The fourth-order valence-electron chi connectivity index (χ4n) is 3.77. The molecule has 30 heavy (non-hydrogen) atoms. The summed E-state index contributed by atoms with van der Waals surface area (Å²) in [5, 5.41) is 3.78. The first-order valence-corrected chi connectivity index (χ1v) is 10.7. The molecule has 3 aromatic rings. The zero-order chi connectivity index (χ0) is 21.4. The Morgan fingerprint density at radius 3 is 2.73 bits per heavy atom. The molecule has 4 rings (SSSR count). The minimum Gasteiger partial charge on any atom is -0.342 e. The molecule has 1 aliphatic rings. The molecule has 0 bridgehead atoms. The third kappa shape index (κ3) is 4.02. The minimum absolute atomic E-state index is 0.0914. The molecule has 8 heteroatoms. The van der Waals surface area contributed by atoms with Gasteiger partial charge in [0.1, 0.15) is 5.82 Å². The molecular weight excluding hydrogens is 423 g/mol. The quantitative estimate of drug-likeness (QED) is 0.594. The van der Waals surface area contributed by atoms with Crippen LogP contribution < -0.4 is 5.32 Å². The van der Waals surface area contributed by atoms with Crippen molar-refractivity contribution >= 4 is 46.0 Å². The zero-order valence-corrected chi connectivity index (χ0v) is 18.2. The maximum atomic E-state index is 12.8. The van der Waals surface area contributed by atoms with Gasteiger partial charge in [0.25, 0.3) is 11.8 Å². The van der Waals surface area contributed by atoms with Crippen LogP contribution in [0.15, 0.2) is 36.4 Å². The van der Waals surface area contributed by atoms with Crippen LogP contribution in [0.1, 0.15) is 59.3 Å². The highest BCUT2D eigenvalue weighted by molar-refractivity contribution is 6.34. The van der Waals surface area contributed by atoms with Crippen molar-refractivity contribution in [3.63, 3.8) is 0 Å². The van der Waals surface area contributed by atoms with Crippen LogP contribution in [0.2, 0.25) is 10.0 Å². The first-order chi connectivity index (χ1) is 14.3. The molecule has 1 aliphatic heterocycles. The molecule has 2 atom stereocenters. The Labute approximate surface area is 184 Å². The molecule has 1 aromatic heterocycles. The summed E-state index contributed by atoms with van der Waals surface area (Å²) in [5.74, 6) is 0.240. The Hall–Kier alpha value is -2.57. The number of halogens is 2. The van der Waals surface area contributed by atoms with Gasteiger partial charge in [-0.1, -0.05) is 23.2 Å². The van der Waals surface area contributed by atoms with Gasteiger partial charge in [0.15, 0.2) is 0 Å². The normalized spacial score (nSPS) is 17.3. The third-order valence-electron chi connectivity index (χ3n) is 5.50. The van der Waals surface area contributed by atoms with E-state index in [0.29, 0.717) is 22.0 Å². The Morgan fingerprint density at radius 1 is 1.23 bits per heavy atom. The average molecular weight is 445 g/mol. The van der Waals surface area contributed by atoms with Gasteiger partial charge in [-0.2, -0.15) is 0 Å². The minimum atomic E-state index is -0.353. The number of hydrogen-bond acceptors (Lipinski definition) is 3. The van der Waals surface area contributed by atoms with E-state index in [2.05, 4.69) is 15.3 Å². The van der Waals surface area contributed by atoms with Crippen molar-refractivity contribution in [3.05, 3.63) is 63.4 Å². The van der Waals surface area contributed by atoms with Crippen molar-refractivity contribution in [2.45, 2.75) is 38.8 Å². The van der Waals surface area contributed by atoms with Crippen LogP contribution in [0.5, 0.6) is 0 Å². The van der Waals surface area contributed by atoms with E-state index in [-0.39, 0.29) is 28.9 Å². The van der Waals surface area contributed by atoms with Crippen molar-refractivity contribution < 1.29 is 9.59 Å².